The van der Waals surface area contributed by atoms with Gasteiger partial charge in [0.15, 0.2) is 0 Å². The van der Waals surface area contributed by atoms with Crippen molar-refractivity contribution >= 4 is 0 Å². The first kappa shape index (κ1) is 24.3. The third kappa shape index (κ3) is 4.53. The monoisotopic (exact) mass is 410 g/mol. The Morgan fingerprint density at radius 3 is 1.30 bits per heavy atom. The normalized spacial score (nSPS) is 12.8. The zero-order valence-corrected chi connectivity index (χ0v) is 20.8. The molecule has 0 spiro atoms. The summed E-state index contributed by atoms with van der Waals surface area (Å²) >= 11 is 0. The smallest absolute Gasteiger partial charge is 0.118 e. The van der Waals surface area contributed by atoms with Crippen LogP contribution in [0.1, 0.15) is 108 Å². The minimum Gasteiger partial charge on any atom is -0.508 e. The summed E-state index contributed by atoms with van der Waals surface area (Å²) in [5, 5.41) is 21.1. The number of aromatic hydroxyl groups is 2. The van der Waals surface area contributed by atoms with Gasteiger partial charge in [0.05, 0.1) is 0 Å². The highest BCUT2D eigenvalue weighted by molar-refractivity contribution is 5.53. The second kappa shape index (κ2) is 8.65. The standard InChI is InChI=1S/C28H42O2/c1-11-27(7,8)22-15-24(29)18(5)13-20(22)26(17(3)4)21-14-19(6)25(30)16-23(21)28(9,10)12-2/h13-17,26,29-30H,11-12H2,1-10H3. The number of phenolic OH excluding ortho intramolecular Hbond substituents is 2. The molecular formula is C28H42O2. The van der Waals surface area contributed by atoms with Crippen LogP contribution in [0.5, 0.6) is 11.5 Å². The Morgan fingerprint density at radius 1 is 0.700 bits per heavy atom. The third-order valence-electron chi connectivity index (χ3n) is 7.30. The Bertz CT molecular complexity index is 832. The summed E-state index contributed by atoms with van der Waals surface area (Å²) in [6, 6.07) is 8.36. The highest BCUT2D eigenvalue weighted by Gasteiger charge is 2.33. The molecule has 0 aliphatic rings. The van der Waals surface area contributed by atoms with E-state index in [1.54, 1.807) is 0 Å². The maximum Gasteiger partial charge on any atom is 0.118 e. The highest BCUT2D eigenvalue weighted by atomic mass is 16.3. The predicted octanol–water partition coefficient (Wildman–Crippen LogP) is 7.88. The Hall–Kier alpha value is -1.96. The SMILES string of the molecule is CCC(C)(C)c1cc(O)c(C)cc1C(c1cc(C)c(O)cc1C(C)(C)CC)C(C)C. The van der Waals surface area contributed by atoms with Crippen molar-refractivity contribution in [2.45, 2.75) is 98.8 Å². The lowest BCUT2D eigenvalue weighted by atomic mass is 9.68. The largest absolute Gasteiger partial charge is 0.508 e. The lowest BCUT2D eigenvalue weighted by Crippen LogP contribution is -2.25. The van der Waals surface area contributed by atoms with Gasteiger partial charge in [-0.25, -0.2) is 0 Å². The molecular weight excluding hydrogens is 368 g/mol. The van der Waals surface area contributed by atoms with E-state index in [0.717, 1.165) is 24.0 Å². The molecule has 0 radical (unpaired) electrons. The van der Waals surface area contributed by atoms with Gasteiger partial charge in [-0.2, -0.15) is 0 Å². The topological polar surface area (TPSA) is 40.5 Å². The number of rotatable bonds is 7. The number of hydrogen-bond acceptors (Lipinski definition) is 2. The van der Waals surface area contributed by atoms with Crippen LogP contribution in [0.15, 0.2) is 24.3 Å². The van der Waals surface area contributed by atoms with Crippen LogP contribution in [0.2, 0.25) is 0 Å². The molecule has 166 valence electrons. The van der Waals surface area contributed by atoms with Gasteiger partial charge in [0.1, 0.15) is 11.5 Å². The zero-order valence-electron chi connectivity index (χ0n) is 20.8. The molecule has 2 N–H and O–H groups in total. The summed E-state index contributed by atoms with van der Waals surface area (Å²) in [5.41, 5.74) is 6.78. The van der Waals surface area contributed by atoms with Crippen LogP contribution in [0.4, 0.5) is 0 Å². The van der Waals surface area contributed by atoms with Crippen LogP contribution >= 0.6 is 0 Å². The van der Waals surface area contributed by atoms with E-state index in [1.165, 1.54) is 22.3 Å². The molecule has 0 atom stereocenters. The predicted molar refractivity (Wildman–Crippen MR) is 129 cm³/mol. The van der Waals surface area contributed by atoms with Gasteiger partial charge in [0.25, 0.3) is 0 Å². The van der Waals surface area contributed by atoms with Crippen molar-refractivity contribution in [3.63, 3.8) is 0 Å². The average Bonchev–Trinajstić information content (AvgIpc) is 2.66. The van der Waals surface area contributed by atoms with Crippen molar-refractivity contribution in [3.05, 3.63) is 57.6 Å². The summed E-state index contributed by atoms with van der Waals surface area (Å²) in [5.74, 6) is 1.29. The minimum absolute atomic E-state index is 0.0416. The minimum atomic E-state index is -0.0416. The van der Waals surface area contributed by atoms with Crippen LogP contribution in [-0.4, -0.2) is 10.2 Å². The van der Waals surface area contributed by atoms with Gasteiger partial charge >= 0.3 is 0 Å². The molecule has 0 bridgehead atoms. The summed E-state index contributed by atoms with van der Waals surface area (Å²) in [7, 11) is 0. The van der Waals surface area contributed by atoms with Crippen LogP contribution in [0.3, 0.4) is 0 Å². The van der Waals surface area contributed by atoms with Gasteiger partial charge < -0.3 is 10.2 Å². The first-order chi connectivity index (χ1) is 13.8. The summed E-state index contributed by atoms with van der Waals surface area (Å²) < 4.78 is 0. The third-order valence-corrected chi connectivity index (χ3v) is 7.30. The fourth-order valence-electron chi connectivity index (χ4n) is 4.39. The molecule has 30 heavy (non-hydrogen) atoms. The fourth-order valence-corrected chi connectivity index (χ4v) is 4.39. The van der Waals surface area contributed by atoms with E-state index in [4.69, 9.17) is 0 Å². The molecule has 0 aliphatic carbocycles. The number of hydrogen-bond donors (Lipinski definition) is 2. The lowest BCUT2D eigenvalue weighted by Gasteiger charge is -2.36. The van der Waals surface area contributed by atoms with E-state index >= 15 is 0 Å². The van der Waals surface area contributed by atoms with Gasteiger partial charge in [-0.1, -0.05) is 67.5 Å². The fraction of sp³-hybridized carbons (Fsp3) is 0.571. The molecule has 0 unspecified atom stereocenters. The van der Waals surface area contributed by atoms with Gasteiger partial charge in [-0.15, -0.1) is 0 Å². The van der Waals surface area contributed by atoms with Gasteiger partial charge in [-0.3, -0.25) is 0 Å². The van der Waals surface area contributed by atoms with Crippen LogP contribution < -0.4 is 0 Å². The Balaban J connectivity index is 2.93. The van der Waals surface area contributed by atoms with E-state index in [1.807, 2.05) is 26.0 Å². The maximum absolute atomic E-state index is 10.5. The molecule has 0 aliphatic heterocycles. The van der Waals surface area contributed by atoms with E-state index in [0.29, 0.717) is 17.4 Å². The molecule has 2 nitrogen and oxygen atoms in total. The quantitative estimate of drug-likeness (QED) is 0.487. The summed E-state index contributed by atoms with van der Waals surface area (Å²) in [6.07, 6.45) is 1.99. The van der Waals surface area contributed by atoms with Crippen LogP contribution in [-0.2, 0) is 10.8 Å². The van der Waals surface area contributed by atoms with Crippen LogP contribution in [0, 0.1) is 19.8 Å². The zero-order chi connectivity index (χ0) is 23.0. The molecule has 2 rings (SSSR count). The number of benzene rings is 2. The van der Waals surface area contributed by atoms with E-state index in [9.17, 15) is 10.2 Å². The van der Waals surface area contributed by atoms with Gasteiger partial charge in [-0.05, 0) is 89.0 Å². The maximum atomic E-state index is 10.5. The Kier molecular flexibility index (Phi) is 7.01. The van der Waals surface area contributed by atoms with Gasteiger partial charge in [0.2, 0.25) is 0 Å². The highest BCUT2D eigenvalue weighted by Crippen LogP contribution is 2.46. The van der Waals surface area contributed by atoms with Crippen molar-refractivity contribution in [1.29, 1.82) is 0 Å². The molecule has 2 aromatic rings. The Morgan fingerprint density at radius 2 is 1.03 bits per heavy atom. The van der Waals surface area contributed by atoms with E-state index in [-0.39, 0.29) is 16.7 Å². The molecule has 0 amide bonds. The average molecular weight is 411 g/mol. The molecule has 0 heterocycles. The molecule has 2 aromatic carbocycles. The molecule has 0 fully saturated rings. The van der Waals surface area contributed by atoms with Crippen molar-refractivity contribution in [3.8, 4) is 11.5 Å². The second-order valence-corrected chi connectivity index (χ2v) is 10.6. The van der Waals surface area contributed by atoms with Crippen molar-refractivity contribution in [2.24, 2.45) is 5.92 Å². The van der Waals surface area contributed by atoms with Crippen molar-refractivity contribution < 1.29 is 10.2 Å². The first-order valence-electron chi connectivity index (χ1n) is 11.4. The summed E-state index contributed by atoms with van der Waals surface area (Å²) in [6.45, 7) is 22.0. The van der Waals surface area contributed by atoms with Crippen molar-refractivity contribution in [1.82, 2.24) is 0 Å². The summed E-state index contributed by atoms with van der Waals surface area (Å²) in [4.78, 5) is 0. The van der Waals surface area contributed by atoms with E-state index in [2.05, 4.69) is 67.5 Å². The second-order valence-electron chi connectivity index (χ2n) is 10.6. The first-order valence-corrected chi connectivity index (χ1v) is 11.4. The van der Waals surface area contributed by atoms with Gasteiger partial charge in [0, 0.05) is 5.92 Å². The Labute approximate surface area is 184 Å². The van der Waals surface area contributed by atoms with E-state index < -0.39 is 0 Å². The van der Waals surface area contributed by atoms with Crippen LogP contribution in [0.25, 0.3) is 0 Å². The molecule has 2 heteroatoms. The lowest BCUT2D eigenvalue weighted by molar-refractivity contribution is 0.444. The molecule has 0 saturated carbocycles. The molecule has 0 saturated heterocycles. The number of phenols is 2. The molecule has 0 aromatic heterocycles. The number of aryl methyl sites for hydroxylation is 2. The van der Waals surface area contributed by atoms with Crippen molar-refractivity contribution in [2.75, 3.05) is 0 Å².